The summed E-state index contributed by atoms with van der Waals surface area (Å²) in [6.07, 6.45) is -4.03. The molecule has 0 spiro atoms. The summed E-state index contributed by atoms with van der Waals surface area (Å²) in [6.45, 7) is 0.640. The Morgan fingerprint density at radius 1 is 1.26 bits per heavy atom. The van der Waals surface area contributed by atoms with Crippen LogP contribution in [0.2, 0.25) is 0 Å². The van der Waals surface area contributed by atoms with Crippen molar-refractivity contribution in [1.82, 2.24) is 4.90 Å². The van der Waals surface area contributed by atoms with Crippen LogP contribution in [0.25, 0.3) is 0 Å². The van der Waals surface area contributed by atoms with Crippen LogP contribution < -0.4 is 5.32 Å². The van der Waals surface area contributed by atoms with Gasteiger partial charge in [0.25, 0.3) is 0 Å². The monoisotopic (exact) mass is 278 g/mol. The lowest BCUT2D eigenvalue weighted by Gasteiger charge is -2.15. The van der Waals surface area contributed by atoms with Crippen LogP contribution in [0.5, 0.6) is 0 Å². The predicted molar refractivity (Wildman–Crippen MR) is 63.4 cm³/mol. The molecule has 0 unspecified atom stereocenters. The van der Waals surface area contributed by atoms with Crippen molar-refractivity contribution in [3.63, 3.8) is 0 Å². The zero-order valence-corrected chi connectivity index (χ0v) is 10.5. The third kappa shape index (κ3) is 4.20. The highest BCUT2D eigenvalue weighted by Crippen LogP contribution is 2.24. The van der Waals surface area contributed by atoms with Gasteiger partial charge < -0.3 is 10.2 Å². The lowest BCUT2D eigenvalue weighted by Crippen LogP contribution is -2.40. The van der Waals surface area contributed by atoms with E-state index >= 15 is 0 Å². The topological polar surface area (TPSA) is 32.3 Å². The van der Waals surface area contributed by atoms with Crippen LogP contribution in [0.1, 0.15) is 5.56 Å². The van der Waals surface area contributed by atoms with Crippen LogP contribution in [-0.2, 0) is 11.3 Å². The molecule has 0 saturated heterocycles. The summed E-state index contributed by atoms with van der Waals surface area (Å²) in [5, 5.41) is 1.76. The Morgan fingerprint density at radius 2 is 1.79 bits per heavy atom. The van der Waals surface area contributed by atoms with Gasteiger partial charge in [-0.25, -0.2) is 8.78 Å². The number of anilines is 1. The summed E-state index contributed by atoms with van der Waals surface area (Å²) in [7, 11) is 3.72. The number of benzene rings is 1. The number of amides is 1. The zero-order chi connectivity index (χ0) is 14.6. The Hall–Kier alpha value is -1.63. The van der Waals surface area contributed by atoms with Crippen molar-refractivity contribution in [2.45, 2.75) is 18.9 Å². The highest BCUT2D eigenvalue weighted by atomic mass is 19.3. The molecule has 0 aliphatic carbocycles. The molecule has 0 atom stereocenters. The molecule has 1 rings (SSSR count). The van der Waals surface area contributed by atoms with Gasteiger partial charge in [0.15, 0.2) is 0 Å². The number of nitrogens with one attached hydrogen (secondary N) is 1. The molecule has 1 amide bonds. The van der Waals surface area contributed by atoms with Crippen molar-refractivity contribution in [1.29, 1.82) is 0 Å². The highest BCUT2D eigenvalue weighted by Gasteiger charge is 2.48. The minimum atomic E-state index is -4.69. The first-order valence-electron chi connectivity index (χ1n) is 5.44. The van der Waals surface area contributed by atoms with E-state index in [1.54, 1.807) is 17.4 Å². The standard InChI is InChI=1S/C12H14F4N2O/c1-18(2)7-8-3-5-9(6-4-8)17-11(19)12(15,16)10(13)14/h3-6,10H,7H2,1-2H3,(H,17,19). The molecular weight excluding hydrogens is 264 g/mol. The summed E-state index contributed by atoms with van der Waals surface area (Å²) in [4.78, 5) is 12.9. The molecule has 1 N–H and O–H groups in total. The van der Waals surface area contributed by atoms with E-state index in [4.69, 9.17) is 0 Å². The molecule has 106 valence electrons. The second kappa shape index (κ2) is 6.01. The fraction of sp³-hybridized carbons (Fsp3) is 0.417. The first-order valence-corrected chi connectivity index (χ1v) is 5.44. The minimum Gasteiger partial charge on any atom is -0.321 e. The normalized spacial score (nSPS) is 12.0. The van der Waals surface area contributed by atoms with Gasteiger partial charge in [0.05, 0.1) is 0 Å². The Balaban J connectivity index is 2.71. The van der Waals surface area contributed by atoms with E-state index in [1.807, 2.05) is 19.0 Å². The molecule has 0 aliphatic rings. The van der Waals surface area contributed by atoms with E-state index in [-0.39, 0.29) is 5.69 Å². The summed E-state index contributed by atoms with van der Waals surface area (Å²) in [5.41, 5.74) is 0.955. The maximum atomic E-state index is 12.7. The molecule has 0 heterocycles. The smallest absolute Gasteiger partial charge is 0.321 e. The largest absolute Gasteiger partial charge is 0.383 e. The van der Waals surface area contributed by atoms with Crippen LogP contribution >= 0.6 is 0 Å². The van der Waals surface area contributed by atoms with Crippen LogP contribution in [0, 0.1) is 0 Å². The Morgan fingerprint density at radius 3 is 2.21 bits per heavy atom. The van der Waals surface area contributed by atoms with E-state index in [0.717, 1.165) is 5.56 Å². The lowest BCUT2D eigenvalue weighted by atomic mass is 10.2. The lowest BCUT2D eigenvalue weighted by molar-refractivity contribution is -0.163. The van der Waals surface area contributed by atoms with Gasteiger partial charge in [-0.1, -0.05) is 12.1 Å². The second-order valence-corrected chi connectivity index (χ2v) is 4.31. The van der Waals surface area contributed by atoms with E-state index in [1.165, 1.54) is 12.1 Å². The van der Waals surface area contributed by atoms with Crippen molar-refractivity contribution in [2.24, 2.45) is 0 Å². The maximum absolute atomic E-state index is 12.7. The Labute approximate surface area is 108 Å². The molecule has 0 aliphatic heterocycles. The number of rotatable bonds is 5. The number of hydrogen-bond acceptors (Lipinski definition) is 2. The van der Waals surface area contributed by atoms with Gasteiger partial charge in [-0.05, 0) is 31.8 Å². The van der Waals surface area contributed by atoms with Crippen LogP contribution in [0.4, 0.5) is 23.2 Å². The molecule has 19 heavy (non-hydrogen) atoms. The molecule has 0 saturated carbocycles. The Kier molecular flexibility index (Phi) is 4.88. The fourth-order valence-electron chi connectivity index (χ4n) is 1.37. The quantitative estimate of drug-likeness (QED) is 0.840. The first kappa shape index (κ1) is 15.4. The number of carbonyl (C=O) groups is 1. The SMILES string of the molecule is CN(C)Cc1ccc(NC(=O)C(F)(F)C(F)F)cc1. The molecule has 0 fully saturated rings. The van der Waals surface area contributed by atoms with Crippen molar-refractivity contribution < 1.29 is 22.4 Å². The third-order valence-electron chi connectivity index (χ3n) is 2.29. The van der Waals surface area contributed by atoms with Crippen LogP contribution in [-0.4, -0.2) is 37.3 Å². The molecule has 1 aromatic rings. The molecule has 7 heteroatoms. The zero-order valence-electron chi connectivity index (χ0n) is 10.5. The van der Waals surface area contributed by atoms with Gasteiger partial charge in [0.2, 0.25) is 0 Å². The van der Waals surface area contributed by atoms with E-state index in [2.05, 4.69) is 0 Å². The van der Waals surface area contributed by atoms with Gasteiger partial charge in [-0.3, -0.25) is 4.79 Å². The van der Waals surface area contributed by atoms with Crippen LogP contribution in [0.15, 0.2) is 24.3 Å². The number of nitrogens with zero attached hydrogens (tertiary/aromatic N) is 1. The average Bonchev–Trinajstić information content (AvgIpc) is 2.30. The van der Waals surface area contributed by atoms with Gasteiger partial charge >= 0.3 is 18.3 Å². The van der Waals surface area contributed by atoms with Crippen molar-refractivity contribution in [3.05, 3.63) is 29.8 Å². The van der Waals surface area contributed by atoms with Gasteiger partial charge in [0.1, 0.15) is 0 Å². The molecule has 0 aromatic heterocycles. The molecule has 0 radical (unpaired) electrons. The van der Waals surface area contributed by atoms with Crippen molar-refractivity contribution in [3.8, 4) is 0 Å². The number of alkyl halides is 4. The first-order chi connectivity index (χ1) is 8.73. The van der Waals surface area contributed by atoms with Gasteiger partial charge in [-0.2, -0.15) is 8.78 Å². The second-order valence-electron chi connectivity index (χ2n) is 4.31. The number of halogens is 4. The maximum Gasteiger partial charge on any atom is 0.383 e. The predicted octanol–water partition coefficient (Wildman–Crippen LogP) is 2.59. The summed E-state index contributed by atoms with van der Waals surface area (Å²) in [5.74, 6) is -6.70. The van der Waals surface area contributed by atoms with Gasteiger partial charge in [0, 0.05) is 12.2 Å². The van der Waals surface area contributed by atoms with Gasteiger partial charge in [-0.15, -0.1) is 0 Å². The number of carbonyl (C=O) groups excluding carboxylic acids is 1. The highest BCUT2D eigenvalue weighted by molar-refractivity contribution is 5.96. The van der Waals surface area contributed by atoms with Crippen LogP contribution in [0.3, 0.4) is 0 Å². The van der Waals surface area contributed by atoms with E-state index in [9.17, 15) is 22.4 Å². The van der Waals surface area contributed by atoms with E-state index in [0.29, 0.717) is 6.54 Å². The fourth-order valence-corrected chi connectivity index (χ4v) is 1.37. The third-order valence-corrected chi connectivity index (χ3v) is 2.29. The van der Waals surface area contributed by atoms with E-state index < -0.39 is 18.3 Å². The minimum absolute atomic E-state index is 0.0489. The average molecular weight is 278 g/mol. The molecular formula is C12H14F4N2O. The molecule has 0 bridgehead atoms. The number of hydrogen-bond donors (Lipinski definition) is 1. The molecule has 1 aromatic carbocycles. The van der Waals surface area contributed by atoms with Crippen molar-refractivity contribution >= 4 is 11.6 Å². The molecule has 3 nitrogen and oxygen atoms in total. The Bertz CT molecular complexity index is 432. The summed E-state index contributed by atoms with van der Waals surface area (Å²) in [6, 6.07) is 6.02. The summed E-state index contributed by atoms with van der Waals surface area (Å²) < 4.78 is 49.3. The summed E-state index contributed by atoms with van der Waals surface area (Å²) >= 11 is 0. The van der Waals surface area contributed by atoms with Crippen molar-refractivity contribution in [2.75, 3.05) is 19.4 Å².